The molecule has 0 amide bonds. The lowest BCUT2D eigenvalue weighted by Gasteiger charge is -2.28. The van der Waals surface area contributed by atoms with Crippen LogP contribution in [-0.2, 0) is 4.74 Å². The Bertz CT molecular complexity index is 212. The second-order valence-electron chi connectivity index (χ2n) is 5.63. The van der Waals surface area contributed by atoms with E-state index in [0.717, 1.165) is 12.3 Å². The number of hydrogen-bond donors (Lipinski definition) is 0. The van der Waals surface area contributed by atoms with Gasteiger partial charge in [-0.2, -0.15) is 0 Å². The van der Waals surface area contributed by atoms with Gasteiger partial charge in [-0.15, -0.1) is 6.42 Å². The van der Waals surface area contributed by atoms with Crippen LogP contribution in [0.2, 0.25) is 0 Å². The molecule has 1 fully saturated rings. The van der Waals surface area contributed by atoms with E-state index >= 15 is 0 Å². The van der Waals surface area contributed by atoms with Crippen molar-refractivity contribution in [3.8, 4) is 12.3 Å². The molecule has 1 saturated carbocycles. The highest BCUT2D eigenvalue weighted by Crippen LogP contribution is 2.28. The van der Waals surface area contributed by atoms with Gasteiger partial charge in [-0.05, 0) is 33.1 Å². The summed E-state index contributed by atoms with van der Waals surface area (Å²) in [6.45, 7) is 6.20. The van der Waals surface area contributed by atoms with E-state index in [1.54, 1.807) is 0 Å². The van der Waals surface area contributed by atoms with Gasteiger partial charge in [0, 0.05) is 0 Å². The van der Waals surface area contributed by atoms with Crippen molar-refractivity contribution in [2.24, 2.45) is 5.92 Å². The Morgan fingerprint density at radius 2 is 1.87 bits per heavy atom. The number of ether oxygens (including phenoxy) is 1. The van der Waals surface area contributed by atoms with E-state index in [1.807, 2.05) is 0 Å². The molecule has 0 saturated heterocycles. The van der Waals surface area contributed by atoms with Gasteiger partial charge in [-0.3, -0.25) is 0 Å². The van der Waals surface area contributed by atoms with Gasteiger partial charge in [0.2, 0.25) is 0 Å². The molecule has 1 heteroatoms. The Kier molecular flexibility index (Phi) is 4.67. The summed E-state index contributed by atoms with van der Waals surface area (Å²) in [6.07, 6.45) is 13.4. The van der Waals surface area contributed by atoms with Gasteiger partial charge >= 0.3 is 0 Å². The van der Waals surface area contributed by atoms with Crippen LogP contribution in [0.5, 0.6) is 0 Å². The molecular formula is C14H24O. The Labute approximate surface area is 94.6 Å². The van der Waals surface area contributed by atoms with E-state index in [9.17, 15) is 0 Å². The lowest BCUT2D eigenvalue weighted by Crippen LogP contribution is -2.28. The maximum atomic E-state index is 5.85. The van der Waals surface area contributed by atoms with Crippen molar-refractivity contribution in [2.75, 3.05) is 0 Å². The third-order valence-electron chi connectivity index (χ3n) is 2.95. The molecule has 0 aromatic carbocycles. The fourth-order valence-corrected chi connectivity index (χ4v) is 2.30. The second kappa shape index (κ2) is 5.56. The van der Waals surface area contributed by atoms with Gasteiger partial charge in [0.05, 0.1) is 5.60 Å². The quantitative estimate of drug-likeness (QED) is 0.641. The Hall–Kier alpha value is -0.480. The van der Waals surface area contributed by atoms with Crippen LogP contribution in [0.25, 0.3) is 0 Å². The molecule has 0 aliphatic heterocycles. The minimum atomic E-state index is -0.119. The maximum absolute atomic E-state index is 5.85. The summed E-state index contributed by atoms with van der Waals surface area (Å²) in [4.78, 5) is 0. The van der Waals surface area contributed by atoms with Crippen LogP contribution in [0.4, 0.5) is 0 Å². The van der Waals surface area contributed by atoms with E-state index in [2.05, 4.69) is 26.7 Å². The summed E-state index contributed by atoms with van der Waals surface area (Å²) < 4.78 is 5.85. The average Bonchev–Trinajstić information content (AvgIpc) is 2.16. The normalized spacial score (nSPS) is 20.9. The molecule has 1 rings (SSSR count). The topological polar surface area (TPSA) is 9.23 Å². The summed E-state index contributed by atoms with van der Waals surface area (Å²) in [5.41, 5.74) is -0.119. The standard InChI is InChI=1S/C14H24O/c1-5-13(15-14(2,3)4)11-12-9-7-6-8-10-12/h1,12-13H,6-11H2,2-4H3. The molecule has 15 heavy (non-hydrogen) atoms. The molecule has 0 heterocycles. The molecular weight excluding hydrogens is 184 g/mol. The summed E-state index contributed by atoms with van der Waals surface area (Å²) in [6, 6.07) is 0. The van der Waals surface area contributed by atoms with Crippen molar-refractivity contribution in [1.29, 1.82) is 0 Å². The minimum absolute atomic E-state index is 0.00750. The third kappa shape index (κ3) is 5.23. The van der Waals surface area contributed by atoms with E-state index in [-0.39, 0.29) is 11.7 Å². The van der Waals surface area contributed by atoms with Crippen LogP contribution in [0.3, 0.4) is 0 Å². The summed E-state index contributed by atoms with van der Waals surface area (Å²) in [5, 5.41) is 0. The zero-order chi connectivity index (χ0) is 11.3. The first kappa shape index (κ1) is 12.6. The molecule has 0 aromatic rings. The highest BCUT2D eigenvalue weighted by Gasteiger charge is 2.22. The van der Waals surface area contributed by atoms with Gasteiger partial charge in [-0.1, -0.05) is 38.0 Å². The van der Waals surface area contributed by atoms with E-state index in [0.29, 0.717) is 0 Å². The fourth-order valence-electron chi connectivity index (χ4n) is 2.30. The second-order valence-corrected chi connectivity index (χ2v) is 5.63. The van der Waals surface area contributed by atoms with Gasteiger partial charge < -0.3 is 4.74 Å². The van der Waals surface area contributed by atoms with Crippen molar-refractivity contribution in [3.05, 3.63) is 0 Å². The van der Waals surface area contributed by atoms with E-state index in [4.69, 9.17) is 11.2 Å². The first-order valence-electron chi connectivity index (χ1n) is 6.15. The number of hydrogen-bond acceptors (Lipinski definition) is 1. The fraction of sp³-hybridized carbons (Fsp3) is 0.857. The molecule has 1 atom stereocenters. The number of terminal acetylenes is 1. The highest BCUT2D eigenvalue weighted by atomic mass is 16.5. The highest BCUT2D eigenvalue weighted by molar-refractivity contribution is 4.97. The molecule has 1 aliphatic carbocycles. The molecule has 0 bridgehead atoms. The smallest absolute Gasteiger partial charge is 0.118 e. The molecule has 86 valence electrons. The Morgan fingerprint density at radius 1 is 1.27 bits per heavy atom. The van der Waals surface area contributed by atoms with Gasteiger partial charge in [0.15, 0.2) is 0 Å². The first-order valence-corrected chi connectivity index (χ1v) is 6.15. The average molecular weight is 208 g/mol. The van der Waals surface area contributed by atoms with Crippen LogP contribution in [-0.4, -0.2) is 11.7 Å². The number of rotatable bonds is 3. The van der Waals surface area contributed by atoms with E-state index in [1.165, 1.54) is 32.1 Å². The molecule has 0 aromatic heterocycles. The summed E-state index contributed by atoms with van der Waals surface area (Å²) >= 11 is 0. The summed E-state index contributed by atoms with van der Waals surface area (Å²) in [7, 11) is 0. The molecule has 0 N–H and O–H groups in total. The predicted molar refractivity (Wildman–Crippen MR) is 64.7 cm³/mol. The van der Waals surface area contributed by atoms with Crippen molar-refractivity contribution < 1.29 is 4.74 Å². The lowest BCUT2D eigenvalue weighted by molar-refractivity contribution is -0.0439. The van der Waals surface area contributed by atoms with Crippen molar-refractivity contribution >= 4 is 0 Å². The van der Waals surface area contributed by atoms with Crippen LogP contribution in [0.15, 0.2) is 0 Å². The van der Waals surface area contributed by atoms with Crippen molar-refractivity contribution in [3.63, 3.8) is 0 Å². The zero-order valence-electron chi connectivity index (χ0n) is 10.4. The zero-order valence-corrected chi connectivity index (χ0v) is 10.4. The molecule has 0 radical (unpaired) electrons. The summed E-state index contributed by atoms with van der Waals surface area (Å²) in [5.74, 6) is 3.58. The first-order chi connectivity index (χ1) is 7.01. The SMILES string of the molecule is C#CC(CC1CCCCC1)OC(C)(C)C. The van der Waals surface area contributed by atoms with Crippen LogP contribution in [0.1, 0.15) is 59.3 Å². The predicted octanol–water partition coefficient (Wildman–Crippen LogP) is 3.77. The van der Waals surface area contributed by atoms with Crippen LogP contribution >= 0.6 is 0 Å². The Morgan fingerprint density at radius 3 is 2.33 bits per heavy atom. The van der Waals surface area contributed by atoms with E-state index < -0.39 is 0 Å². The van der Waals surface area contributed by atoms with Gasteiger partial charge in [0.1, 0.15) is 6.10 Å². The van der Waals surface area contributed by atoms with Crippen molar-refractivity contribution in [1.82, 2.24) is 0 Å². The molecule has 1 aliphatic rings. The van der Waals surface area contributed by atoms with Gasteiger partial charge in [-0.25, -0.2) is 0 Å². The minimum Gasteiger partial charge on any atom is -0.360 e. The maximum Gasteiger partial charge on any atom is 0.118 e. The van der Waals surface area contributed by atoms with Crippen LogP contribution in [0, 0.1) is 18.3 Å². The van der Waals surface area contributed by atoms with Crippen molar-refractivity contribution in [2.45, 2.75) is 71.0 Å². The molecule has 1 nitrogen and oxygen atoms in total. The van der Waals surface area contributed by atoms with Gasteiger partial charge in [0.25, 0.3) is 0 Å². The third-order valence-corrected chi connectivity index (χ3v) is 2.95. The molecule has 0 spiro atoms. The van der Waals surface area contributed by atoms with Crippen LogP contribution < -0.4 is 0 Å². The lowest BCUT2D eigenvalue weighted by atomic mass is 9.85. The largest absolute Gasteiger partial charge is 0.360 e. The monoisotopic (exact) mass is 208 g/mol. The molecule has 1 unspecified atom stereocenters. The Balaban J connectivity index is 2.36.